The summed E-state index contributed by atoms with van der Waals surface area (Å²) in [7, 11) is 1.95. The average molecular weight is 388 g/mol. The number of rotatable bonds is 5. The van der Waals surface area contributed by atoms with Crippen molar-refractivity contribution in [3.63, 3.8) is 0 Å². The summed E-state index contributed by atoms with van der Waals surface area (Å²) in [4.78, 5) is 14.3. The molecule has 0 bridgehead atoms. The van der Waals surface area contributed by atoms with Gasteiger partial charge >= 0.3 is 0 Å². The van der Waals surface area contributed by atoms with E-state index in [1.165, 1.54) is 24.8 Å². The number of carbonyl (C=O) groups is 1. The van der Waals surface area contributed by atoms with Crippen LogP contribution >= 0.6 is 28.3 Å². The zero-order chi connectivity index (χ0) is 14.9. The van der Waals surface area contributed by atoms with E-state index in [1.807, 2.05) is 11.9 Å². The first kappa shape index (κ1) is 17.8. The van der Waals surface area contributed by atoms with Crippen LogP contribution in [0.15, 0.2) is 28.7 Å². The molecule has 2 fully saturated rings. The van der Waals surface area contributed by atoms with Gasteiger partial charge in [-0.05, 0) is 49.9 Å². The van der Waals surface area contributed by atoms with Gasteiger partial charge in [-0.15, -0.1) is 12.4 Å². The minimum Gasteiger partial charge on any atom is -0.345 e. The van der Waals surface area contributed by atoms with Crippen molar-refractivity contribution in [3.8, 4) is 0 Å². The van der Waals surface area contributed by atoms with Crippen LogP contribution < -0.4 is 5.32 Å². The second-order valence-electron chi connectivity index (χ2n) is 6.53. The fourth-order valence-electron chi connectivity index (χ4n) is 3.33. The predicted molar refractivity (Wildman–Crippen MR) is 95.6 cm³/mol. The van der Waals surface area contributed by atoms with Gasteiger partial charge in [-0.3, -0.25) is 4.79 Å². The Balaban J connectivity index is 0.00000176. The normalized spacial score (nSPS) is 22.0. The molecule has 1 aromatic rings. The van der Waals surface area contributed by atoms with E-state index in [1.54, 1.807) is 0 Å². The molecule has 122 valence electrons. The van der Waals surface area contributed by atoms with Crippen LogP contribution in [0.4, 0.5) is 0 Å². The first-order valence-corrected chi connectivity index (χ1v) is 8.62. The van der Waals surface area contributed by atoms with Crippen LogP contribution in [-0.2, 0) is 10.2 Å². The van der Waals surface area contributed by atoms with Gasteiger partial charge in [0.15, 0.2) is 0 Å². The van der Waals surface area contributed by atoms with Crippen molar-refractivity contribution in [2.24, 2.45) is 0 Å². The topological polar surface area (TPSA) is 32.3 Å². The maximum Gasteiger partial charge on any atom is 0.223 e. The number of nitrogens with zero attached hydrogens (tertiary/aromatic N) is 1. The number of nitrogens with one attached hydrogen (secondary N) is 1. The molecular formula is C17H24BrClN2O. The molecular weight excluding hydrogens is 364 g/mol. The van der Waals surface area contributed by atoms with Gasteiger partial charge in [0.05, 0.1) is 0 Å². The lowest BCUT2D eigenvalue weighted by molar-refractivity contribution is -0.130. The maximum atomic E-state index is 12.4. The molecule has 0 radical (unpaired) electrons. The Labute approximate surface area is 147 Å². The summed E-state index contributed by atoms with van der Waals surface area (Å²) < 4.78 is 1.11. The highest BCUT2D eigenvalue weighted by molar-refractivity contribution is 9.10. The third kappa shape index (κ3) is 4.03. The van der Waals surface area contributed by atoms with Crippen molar-refractivity contribution in [3.05, 3.63) is 34.3 Å². The van der Waals surface area contributed by atoms with Gasteiger partial charge in [0.2, 0.25) is 5.91 Å². The van der Waals surface area contributed by atoms with Gasteiger partial charge < -0.3 is 10.2 Å². The van der Waals surface area contributed by atoms with E-state index in [9.17, 15) is 4.79 Å². The summed E-state index contributed by atoms with van der Waals surface area (Å²) in [5, 5.41) is 3.41. The van der Waals surface area contributed by atoms with Crippen LogP contribution in [0, 0.1) is 0 Å². The largest absolute Gasteiger partial charge is 0.345 e. The Hall–Kier alpha value is -0.580. The summed E-state index contributed by atoms with van der Waals surface area (Å²) >= 11 is 3.48. The van der Waals surface area contributed by atoms with E-state index in [0.717, 1.165) is 24.0 Å². The van der Waals surface area contributed by atoms with Gasteiger partial charge in [0.1, 0.15) is 0 Å². The van der Waals surface area contributed by atoms with Gasteiger partial charge in [-0.1, -0.05) is 28.1 Å². The highest BCUT2D eigenvalue weighted by Gasteiger charge is 2.45. The number of hydrogen-bond donors (Lipinski definition) is 1. The molecule has 5 heteroatoms. The average Bonchev–Trinajstić information content (AvgIpc) is 3.06. The Morgan fingerprint density at radius 1 is 1.36 bits per heavy atom. The number of amides is 1. The van der Waals surface area contributed by atoms with Gasteiger partial charge in [0.25, 0.3) is 0 Å². The van der Waals surface area contributed by atoms with Crippen LogP contribution in [0.1, 0.15) is 37.7 Å². The van der Waals surface area contributed by atoms with Gasteiger partial charge in [-0.2, -0.15) is 0 Å². The molecule has 3 rings (SSSR count). The maximum absolute atomic E-state index is 12.4. The van der Waals surface area contributed by atoms with E-state index in [-0.39, 0.29) is 23.7 Å². The number of benzene rings is 1. The van der Waals surface area contributed by atoms with E-state index in [4.69, 9.17) is 0 Å². The fraction of sp³-hybridized carbons (Fsp3) is 0.588. The lowest BCUT2D eigenvalue weighted by Gasteiger charge is -2.25. The Kier molecular flexibility index (Phi) is 5.92. The first-order valence-electron chi connectivity index (χ1n) is 7.82. The second kappa shape index (κ2) is 7.33. The molecule has 1 unspecified atom stereocenters. The molecule has 1 heterocycles. The minimum atomic E-state index is 0. The van der Waals surface area contributed by atoms with Crippen molar-refractivity contribution in [2.45, 2.75) is 43.6 Å². The predicted octanol–water partition coefficient (Wildman–Crippen LogP) is 3.50. The molecule has 1 aliphatic carbocycles. The van der Waals surface area contributed by atoms with E-state index in [2.05, 4.69) is 45.5 Å². The van der Waals surface area contributed by atoms with E-state index >= 15 is 0 Å². The van der Waals surface area contributed by atoms with Crippen LogP contribution in [-0.4, -0.2) is 37.0 Å². The Morgan fingerprint density at radius 3 is 2.59 bits per heavy atom. The molecule has 1 saturated carbocycles. The van der Waals surface area contributed by atoms with Crippen molar-refractivity contribution in [2.75, 3.05) is 20.1 Å². The van der Waals surface area contributed by atoms with Crippen LogP contribution in [0.5, 0.6) is 0 Å². The van der Waals surface area contributed by atoms with Crippen LogP contribution in [0.3, 0.4) is 0 Å². The van der Waals surface area contributed by atoms with Gasteiger partial charge in [-0.25, -0.2) is 0 Å². The number of halogens is 2. The van der Waals surface area contributed by atoms with Crippen molar-refractivity contribution in [1.82, 2.24) is 10.2 Å². The smallest absolute Gasteiger partial charge is 0.223 e. The highest BCUT2D eigenvalue weighted by Crippen LogP contribution is 2.48. The summed E-state index contributed by atoms with van der Waals surface area (Å²) in [5.41, 5.74) is 1.57. The summed E-state index contributed by atoms with van der Waals surface area (Å²) in [6, 6.07) is 8.96. The molecule has 1 aliphatic heterocycles. The van der Waals surface area contributed by atoms with E-state index in [0.29, 0.717) is 12.5 Å². The monoisotopic (exact) mass is 386 g/mol. The molecule has 2 aliphatic rings. The zero-order valence-corrected chi connectivity index (χ0v) is 15.4. The number of likely N-dealkylation sites (N-methyl/N-ethyl adjacent to an activating group) is 1. The number of hydrogen-bond acceptors (Lipinski definition) is 2. The summed E-state index contributed by atoms with van der Waals surface area (Å²) in [6.45, 7) is 1.91. The van der Waals surface area contributed by atoms with E-state index < -0.39 is 0 Å². The van der Waals surface area contributed by atoms with Crippen LogP contribution in [0.2, 0.25) is 0 Å². The highest BCUT2D eigenvalue weighted by atomic mass is 79.9. The molecule has 1 saturated heterocycles. The number of carbonyl (C=O) groups excluding carboxylic acids is 1. The third-order valence-corrected chi connectivity index (χ3v) is 5.39. The molecule has 1 aromatic carbocycles. The minimum absolute atomic E-state index is 0. The standard InChI is InChI=1S/C17H23BrN2O.ClH/c1-20(16(21)11-15-3-2-10-19-15)12-17(8-9-17)13-4-6-14(18)7-5-13;/h4-7,15,19H,2-3,8-12H2,1H3;1H. The summed E-state index contributed by atoms with van der Waals surface area (Å²) in [5.74, 6) is 0.276. The summed E-state index contributed by atoms with van der Waals surface area (Å²) in [6.07, 6.45) is 5.36. The lowest BCUT2D eigenvalue weighted by atomic mass is 9.95. The lowest BCUT2D eigenvalue weighted by Crippen LogP contribution is -2.37. The molecule has 1 atom stereocenters. The molecule has 1 N–H and O–H groups in total. The Morgan fingerprint density at radius 2 is 2.05 bits per heavy atom. The SMILES string of the molecule is CN(CC1(c2ccc(Br)cc2)CC1)C(=O)CC1CCCN1.Cl. The molecule has 1 amide bonds. The second-order valence-corrected chi connectivity index (χ2v) is 7.45. The molecule has 0 spiro atoms. The molecule has 0 aromatic heterocycles. The van der Waals surface area contributed by atoms with Crippen LogP contribution in [0.25, 0.3) is 0 Å². The van der Waals surface area contributed by atoms with Crippen molar-refractivity contribution >= 4 is 34.2 Å². The quantitative estimate of drug-likeness (QED) is 0.838. The van der Waals surface area contributed by atoms with Gasteiger partial charge in [0, 0.05) is 35.9 Å². The molecule has 3 nitrogen and oxygen atoms in total. The Bertz CT molecular complexity index is 510. The molecule has 22 heavy (non-hydrogen) atoms. The van der Waals surface area contributed by atoms with Crippen molar-refractivity contribution in [1.29, 1.82) is 0 Å². The zero-order valence-electron chi connectivity index (χ0n) is 13.0. The first-order chi connectivity index (χ1) is 10.1. The third-order valence-electron chi connectivity index (χ3n) is 4.86. The van der Waals surface area contributed by atoms with Crippen molar-refractivity contribution < 1.29 is 4.79 Å². The fourth-order valence-corrected chi connectivity index (χ4v) is 3.60.